The van der Waals surface area contributed by atoms with Crippen molar-refractivity contribution >= 4 is 34.2 Å². The van der Waals surface area contributed by atoms with Crippen LogP contribution in [0.2, 0.25) is 10.0 Å². The number of aromatic amines is 1. The number of hydrogen-bond donors (Lipinski definition) is 1. The molecule has 0 aliphatic rings. The van der Waals surface area contributed by atoms with Gasteiger partial charge in [0.15, 0.2) is 6.10 Å². The Hall–Kier alpha value is -1.78. The number of nitrogens with zero attached hydrogens (tertiary/aromatic N) is 1. The SMILES string of the molecule is C[C@H](Oc1ccc(F)cc1)c1nc2cc(Cl)c(Cl)cc2[nH]1. The number of ether oxygens (including phenoxy) is 1. The lowest BCUT2D eigenvalue weighted by Gasteiger charge is -2.12. The predicted octanol–water partition coefficient (Wildman–Crippen LogP) is 5.15. The number of aromatic nitrogens is 2. The van der Waals surface area contributed by atoms with Crippen LogP contribution in [-0.2, 0) is 0 Å². The zero-order valence-corrected chi connectivity index (χ0v) is 12.5. The molecule has 1 atom stereocenters. The van der Waals surface area contributed by atoms with E-state index in [0.29, 0.717) is 27.1 Å². The summed E-state index contributed by atoms with van der Waals surface area (Å²) in [4.78, 5) is 7.57. The van der Waals surface area contributed by atoms with E-state index in [1.54, 1.807) is 24.3 Å². The molecule has 0 aliphatic heterocycles. The number of hydrogen-bond acceptors (Lipinski definition) is 2. The van der Waals surface area contributed by atoms with Gasteiger partial charge in [-0.05, 0) is 43.3 Å². The molecule has 1 heterocycles. The second-order valence-electron chi connectivity index (χ2n) is 4.62. The molecule has 3 aromatic rings. The molecule has 0 spiro atoms. The Morgan fingerprint density at radius 3 is 2.52 bits per heavy atom. The van der Waals surface area contributed by atoms with E-state index in [9.17, 15) is 4.39 Å². The smallest absolute Gasteiger partial charge is 0.153 e. The van der Waals surface area contributed by atoms with E-state index in [4.69, 9.17) is 27.9 Å². The molecule has 1 aromatic heterocycles. The van der Waals surface area contributed by atoms with Gasteiger partial charge in [-0.1, -0.05) is 23.2 Å². The summed E-state index contributed by atoms with van der Waals surface area (Å²) < 4.78 is 18.6. The lowest BCUT2D eigenvalue weighted by atomic mass is 10.3. The highest BCUT2D eigenvalue weighted by molar-refractivity contribution is 6.42. The summed E-state index contributed by atoms with van der Waals surface area (Å²) in [5.74, 6) is 0.913. The van der Waals surface area contributed by atoms with Gasteiger partial charge < -0.3 is 9.72 Å². The highest BCUT2D eigenvalue weighted by Gasteiger charge is 2.14. The van der Waals surface area contributed by atoms with Crippen LogP contribution in [0.1, 0.15) is 18.9 Å². The van der Waals surface area contributed by atoms with E-state index >= 15 is 0 Å². The molecular formula is C15H11Cl2FN2O. The number of halogens is 3. The van der Waals surface area contributed by atoms with Crippen LogP contribution in [0.3, 0.4) is 0 Å². The Morgan fingerprint density at radius 1 is 1.14 bits per heavy atom. The minimum absolute atomic E-state index is 0.303. The first-order chi connectivity index (χ1) is 10.0. The highest BCUT2D eigenvalue weighted by atomic mass is 35.5. The van der Waals surface area contributed by atoms with Crippen molar-refractivity contribution < 1.29 is 9.13 Å². The maximum absolute atomic E-state index is 12.9. The number of fused-ring (bicyclic) bond motifs is 1. The first-order valence-corrected chi connectivity index (χ1v) is 7.05. The molecule has 0 aliphatic carbocycles. The molecule has 0 bridgehead atoms. The summed E-state index contributed by atoms with van der Waals surface area (Å²) in [7, 11) is 0. The van der Waals surface area contributed by atoms with Crippen molar-refractivity contribution in [2.75, 3.05) is 0 Å². The standard InChI is InChI=1S/C15H11Cl2FN2O/c1-8(21-10-4-2-9(18)3-5-10)15-19-13-6-11(16)12(17)7-14(13)20-15/h2-8H,1H3,(H,19,20)/t8-/m0/s1. The van der Waals surface area contributed by atoms with Gasteiger partial charge in [0.2, 0.25) is 0 Å². The van der Waals surface area contributed by atoms with Crippen LogP contribution in [0.4, 0.5) is 4.39 Å². The lowest BCUT2D eigenvalue weighted by molar-refractivity contribution is 0.217. The number of benzene rings is 2. The normalized spacial score (nSPS) is 12.6. The molecule has 0 saturated carbocycles. The molecule has 3 nitrogen and oxygen atoms in total. The second kappa shape index (κ2) is 5.54. The lowest BCUT2D eigenvalue weighted by Crippen LogP contribution is -2.04. The van der Waals surface area contributed by atoms with Gasteiger partial charge in [0.25, 0.3) is 0 Å². The van der Waals surface area contributed by atoms with E-state index in [2.05, 4.69) is 9.97 Å². The third-order valence-electron chi connectivity index (χ3n) is 3.05. The number of nitrogens with one attached hydrogen (secondary N) is 1. The molecule has 108 valence electrons. The fourth-order valence-electron chi connectivity index (χ4n) is 1.99. The van der Waals surface area contributed by atoms with Gasteiger partial charge in [-0.3, -0.25) is 0 Å². The van der Waals surface area contributed by atoms with E-state index in [1.165, 1.54) is 12.1 Å². The van der Waals surface area contributed by atoms with Crippen molar-refractivity contribution in [3.63, 3.8) is 0 Å². The van der Waals surface area contributed by atoms with Crippen molar-refractivity contribution in [1.29, 1.82) is 0 Å². The summed E-state index contributed by atoms with van der Waals surface area (Å²) in [5, 5.41) is 0.917. The monoisotopic (exact) mass is 324 g/mol. The number of imidazole rings is 1. The molecule has 21 heavy (non-hydrogen) atoms. The van der Waals surface area contributed by atoms with E-state index < -0.39 is 0 Å². The Morgan fingerprint density at radius 2 is 1.81 bits per heavy atom. The molecule has 0 amide bonds. The molecule has 6 heteroatoms. The van der Waals surface area contributed by atoms with Gasteiger partial charge in [0.05, 0.1) is 21.1 Å². The topological polar surface area (TPSA) is 37.9 Å². The van der Waals surface area contributed by atoms with Crippen molar-refractivity contribution in [3.05, 3.63) is 58.1 Å². The number of rotatable bonds is 3. The zero-order chi connectivity index (χ0) is 15.0. The van der Waals surface area contributed by atoms with Gasteiger partial charge in [-0.15, -0.1) is 0 Å². The quantitative estimate of drug-likeness (QED) is 0.723. The molecule has 0 radical (unpaired) electrons. The molecule has 0 fully saturated rings. The Bertz CT molecular complexity index is 747. The molecule has 3 rings (SSSR count). The van der Waals surface area contributed by atoms with E-state index in [-0.39, 0.29) is 11.9 Å². The van der Waals surface area contributed by atoms with Crippen LogP contribution < -0.4 is 4.74 Å². The van der Waals surface area contributed by atoms with Crippen LogP contribution in [0, 0.1) is 5.82 Å². The van der Waals surface area contributed by atoms with Crippen molar-refractivity contribution in [2.24, 2.45) is 0 Å². The average Bonchev–Trinajstić information content (AvgIpc) is 2.85. The summed E-state index contributed by atoms with van der Waals surface area (Å²) in [6.45, 7) is 1.85. The van der Waals surface area contributed by atoms with Gasteiger partial charge in [0, 0.05) is 0 Å². The van der Waals surface area contributed by atoms with E-state index in [1.807, 2.05) is 6.92 Å². The van der Waals surface area contributed by atoms with Gasteiger partial charge >= 0.3 is 0 Å². The van der Waals surface area contributed by atoms with Crippen LogP contribution in [0.25, 0.3) is 11.0 Å². The summed E-state index contributed by atoms with van der Waals surface area (Å²) in [6.07, 6.45) is -0.319. The minimum atomic E-state index is -0.319. The van der Waals surface area contributed by atoms with Gasteiger partial charge in [0.1, 0.15) is 17.4 Å². The average molecular weight is 325 g/mol. The van der Waals surface area contributed by atoms with Crippen LogP contribution >= 0.6 is 23.2 Å². The van der Waals surface area contributed by atoms with Crippen molar-refractivity contribution in [2.45, 2.75) is 13.0 Å². The third kappa shape index (κ3) is 2.96. The van der Waals surface area contributed by atoms with Gasteiger partial charge in [-0.2, -0.15) is 0 Å². The number of H-pyrrole nitrogens is 1. The Balaban J connectivity index is 1.87. The van der Waals surface area contributed by atoms with Crippen LogP contribution in [0.15, 0.2) is 36.4 Å². The highest BCUT2D eigenvalue weighted by Crippen LogP contribution is 2.28. The fourth-order valence-corrected chi connectivity index (χ4v) is 2.31. The molecule has 1 N–H and O–H groups in total. The predicted molar refractivity (Wildman–Crippen MR) is 81.6 cm³/mol. The first kappa shape index (κ1) is 14.2. The summed E-state index contributed by atoms with van der Waals surface area (Å²) in [5.41, 5.74) is 1.50. The van der Waals surface area contributed by atoms with E-state index in [0.717, 1.165) is 5.52 Å². The van der Waals surface area contributed by atoms with Gasteiger partial charge in [-0.25, -0.2) is 9.37 Å². The van der Waals surface area contributed by atoms with Crippen LogP contribution in [0.5, 0.6) is 5.75 Å². The third-order valence-corrected chi connectivity index (χ3v) is 3.78. The zero-order valence-electron chi connectivity index (χ0n) is 11.0. The fraction of sp³-hybridized carbons (Fsp3) is 0.133. The second-order valence-corrected chi connectivity index (χ2v) is 5.43. The maximum atomic E-state index is 12.9. The molecule has 0 saturated heterocycles. The molecule has 0 unspecified atom stereocenters. The molecular weight excluding hydrogens is 314 g/mol. The largest absolute Gasteiger partial charge is 0.483 e. The minimum Gasteiger partial charge on any atom is -0.483 e. The summed E-state index contributed by atoms with van der Waals surface area (Å²) >= 11 is 11.9. The first-order valence-electron chi connectivity index (χ1n) is 6.30. The Kier molecular flexibility index (Phi) is 3.74. The van der Waals surface area contributed by atoms with Crippen molar-refractivity contribution in [3.8, 4) is 5.75 Å². The van der Waals surface area contributed by atoms with Crippen molar-refractivity contribution in [1.82, 2.24) is 9.97 Å². The Labute approximate surface area is 130 Å². The molecule has 2 aromatic carbocycles. The maximum Gasteiger partial charge on any atom is 0.153 e. The summed E-state index contributed by atoms with van der Waals surface area (Å²) in [6, 6.07) is 9.26. The van der Waals surface area contributed by atoms with Crippen LogP contribution in [-0.4, -0.2) is 9.97 Å².